The second-order valence-electron chi connectivity index (χ2n) is 5.93. The van der Waals surface area contributed by atoms with E-state index in [0.717, 1.165) is 22.0 Å². The van der Waals surface area contributed by atoms with Crippen molar-refractivity contribution in [2.75, 3.05) is 7.11 Å². The molecule has 0 bridgehead atoms. The van der Waals surface area contributed by atoms with Crippen LogP contribution in [0.1, 0.15) is 27.2 Å². The van der Waals surface area contributed by atoms with E-state index in [1.807, 2.05) is 48.5 Å². The molecule has 3 rings (SSSR count). The SMILES string of the molecule is COCc1ccc(CNC(=O)C(=O)c2c(C)[nH]c3ccccc23)cc1. The smallest absolute Gasteiger partial charge is 0.292 e. The molecule has 25 heavy (non-hydrogen) atoms. The predicted molar refractivity (Wildman–Crippen MR) is 96.4 cm³/mol. The molecule has 5 nitrogen and oxygen atoms in total. The van der Waals surface area contributed by atoms with Crippen LogP contribution in [0.5, 0.6) is 0 Å². The molecule has 0 fully saturated rings. The van der Waals surface area contributed by atoms with Gasteiger partial charge in [0.05, 0.1) is 12.2 Å². The lowest BCUT2D eigenvalue weighted by atomic mass is 10.1. The maximum absolute atomic E-state index is 12.6. The number of hydrogen-bond acceptors (Lipinski definition) is 3. The van der Waals surface area contributed by atoms with Crippen LogP contribution >= 0.6 is 0 Å². The fraction of sp³-hybridized carbons (Fsp3) is 0.200. The Morgan fingerprint density at radius 3 is 2.44 bits per heavy atom. The van der Waals surface area contributed by atoms with Crippen molar-refractivity contribution in [2.45, 2.75) is 20.1 Å². The first-order chi connectivity index (χ1) is 12.1. The molecule has 0 unspecified atom stereocenters. The van der Waals surface area contributed by atoms with E-state index < -0.39 is 11.7 Å². The van der Waals surface area contributed by atoms with Crippen LogP contribution in [0, 0.1) is 6.92 Å². The molecular weight excluding hydrogens is 316 g/mol. The summed E-state index contributed by atoms with van der Waals surface area (Å²) in [6, 6.07) is 15.2. The number of para-hydroxylation sites is 1. The summed E-state index contributed by atoms with van der Waals surface area (Å²) in [7, 11) is 1.65. The van der Waals surface area contributed by atoms with Crippen molar-refractivity contribution in [3.63, 3.8) is 0 Å². The van der Waals surface area contributed by atoms with Crippen molar-refractivity contribution in [3.05, 3.63) is 70.9 Å². The molecule has 0 atom stereocenters. The summed E-state index contributed by atoms with van der Waals surface area (Å²) in [6.45, 7) is 2.65. The number of hydrogen-bond donors (Lipinski definition) is 2. The van der Waals surface area contributed by atoms with Crippen molar-refractivity contribution in [1.29, 1.82) is 0 Å². The molecule has 5 heteroatoms. The third-order valence-corrected chi connectivity index (χ3v) is 4.11. The number of fused-ring (bicyclic) bond motifs is 1. The van der Waals surface area contributed by atoms with E-state index in [1.54, 1.807) is 14.0 Å². The molecule has 0 saturated heterocycles. The Labute approximate surface area is 146 Å². The quantitative estimate of drug-likeness (QED) is 0.537. The van der Waals surface area contributed by atoms with Gasteiger partial charge >= 0.3 is 0 Å². The highest BCUT2D eigenvalue weighted by Gasteiger charge is 2.22. The number of nitrogens with one attached hydrogen (secondary N) is 2. The molecule has 0 aliphatic rings. The molecular formula is C20H20N2O3. The first-order valence-electron chi connectivity index (χ1n) is 8.06. The van der Waals surface area contributed by atoms with Gasteiger partial charge in [0.15, 0.2) is 0 Å². The molecule has 1 aromatic heterocycles. The lowest BCUT2D eigenvalue weighted by molar-refractivity contribution is -0.117. The van der Waals surface area contributed by atoms with Crippen molar-refractivity contribution in [2.24, 2.45) is 0 Å². The van der Waals surface area contributed by atoms with E-state index in [4.69, 9.17) is 4.74 Å². The lowest BCUT2D eigenvalue weighted by Crippen LogP contribution is -2.30. The van der Waals surface area contributed by atoms with E-state index in [0.29, 0.717) is 24.4 Å². The number of aromatic nitrogens is 1. The Morgan fingerprint density at radius 2 is 1.72 bits per heavy atom. The number of carbonyl (C=O) groups is 2. The third kappa shape index (κ3) is 3.61. The minimum Gasteiger partial charge on any atom is -0.380 e. The van der Waals surface area contributed by atoms with Crippen molar-refractivity contribution in [1.82, 2.24) is 10.3 Å². The van der Waals surface area contributed by atoms with Gasteiger partial charge < -0.3 is 15.0 Å². The number of H-pyrrole nitrogens is 1. The van der Waals surface area contributed by atoms with Crippen molar-refractivity contribution < 1.29 is 14.3 Å². The maximum atomic E-state index is 12.6. The average molecular weight is 336 g/mol. The maximum Gasteiger partial charge on any atom is 0.292 e. The number of Topliss-reactive ketones (excluding diaryl/α,β-unsaturated/α-hetero) is 1. The minimum absolute atomic E-state index is 0.305. The highest BCUT2D eigenvalue weighted by atomic mass is 16.5. The molecule has 0 spiro atoms. The number of rotatable bonds is 6. The molecule has 2 aromatic carbocycles. The van der Waals surface area contributed by atoms with E-state index in [9.17, 15) is 9.59 Å². The standard InChI is InChI=1S/C20H20N2O3/c1-13-18(16-5-3-4-6-17(16)22-13)19(23)20(24)21-11-14-7-9-15(10-8-14)12-25-2/h3-10,22H,11-12H2,1-2H3,(H,21,24). The molecule has 0 radical (unpaired) electrons. The van der Waals surface area contributed by atoms with E-state index in [-0.39, 0.29) is 0 Å². The summed E-state index contributed by atoms with van der Waals surface area (Å²) in [5, 5.41) is 3.46. The van der Waals surface area contributed by atoms with E-state index in [1.165, 1.54) is 0 Å². The van der Waals surface area contributed by atoms with Crippen LogP contribution in [0.3, 0.4) is 0 Å². The molecule has 0 aliphatic carbocycles. The van der Waals surface area contributed by atoms with E-state index >= 15 is 0 Å². The van der Waals surface area contributed by atoms with Crippen LogP contribution < -0.4 is 5.32 Å². The van der Waals surface area contributed by atoms with Crippen LogP contribution in [0.15, 0.2) is 48.5 Å². The number of ether oxygens (including phenoxy) is 1. The highest BCUT2D eigenvalue weighted by molar-refractivity contribution is 6.45. The Bertz CT molecular complexity index is 910. The van der Waals surface area contributed by atoms with Crippen molar-refractivity contribution in [3.8, 4) is 0 Å². The molecule has 0 saturated carbocycles. The van der Waals surface area contributed by atoms with Gasteiger partial charge in [0, 0.05) is 30.3 Å². The zero-order valence-corrected chi connectivity index (χ0v) is 14.3. The molecule has 0 aliphatic heterocycles. The van der Waals surface area contributed by atoms with Gasteiger partial charge in [-0.05, 0) is 24.1 Å². The predicted octanol–water partition coefficient (Wildman–Crippen LogP) is 3.12. The molecule has 128 valence electrons. The fourth-order valence-corrected chi connectivity index (χ4v) is 2.87. The summed E-state index contributed by atoms with van der Waals surface area (Å²) in [6.07, 6.45) is 0. The van der Waals surface area contributed by atoms with Gasteiger partial charge in [-0.2, -0.15) is 0 Å². The largest absolute Gasteiger partial charge is 0.380 e. The number of aromatic amines is 1. The summed E-state index contributed by atoms with van der Waals surface area (Å²) in [5.74, 6) is -1.13. The van der Waals surface area contributed by atoms with Crippen LogP contribution in [0.2, 0.25) is 0 Å². The number of ketones is 1. The Balaban J connectivity index is 1.70. The summed E-state index contributed by atoms with van der Waals surface area (Å²) >= 11 is 0. The molecule has 1 heterocycles. The molecule has 2 N–H and O–H groups in total. The summed E-state index contributed by atoms with van der Waals surface area (Å²) in [5.41, 5.74) is 3.97. The van der Waals surface area contributed by atoms with Gasteiger partial charge in [-0.15, -0.1) is 0 Å². The number of benzene rings is 2. The Morgan fingerprint density at radius 1 is 1.04 bits per heavy atom. The second kappa shape index (κ2) is 7.32. The fourth-order valence-electron chi connectivity index (χ4n) is 2.87. The van der Waals surface area contributed by atoms with Gasteiger partial charge in [-0.1, -0.05) is 42.5 Å². The lowest BCUT2D eigenvalue weighted by Gasteiger charge is -2.06. The number of amides is 1. The highest BCUT2D eigenvalue weighted by Crippen LogP contribution is 2.22. The third-order valence-electron chi connectivity index (χ3n) is 4.11. The van der Waals surface area contributed by atoms with Crippen LogP contribution in [-0.4, -0.2) is 23.8 Å². The van der Waals surface area contributed by atoms with Gasteiger partial charge in [0.1, 0.15) is 0 Å². The monoisotopic (exact) mass is 336 g/mol. The molecule has 1 amide bonds. The van der Waals surface area contributed by atoms with E-state index in [2.05, 4.69) is 10.3 Å². The Kier molecular flexibility index (Phi) is 4.95. The molecule has 3 aromatic rings. The zero-order valence-electron chi connectivity index (χ0n) is 14.3. The minimum atomic E-state index is -0.603. The second-order valence-corrected chi connectivity index (χ2v) is 5.93. The van der Waals surface area contributed by atoms with Gasteiger partial charge in [-0.25, -0.2) is 0 Å². The normalized spacial score (nSPS) is 10.8. The zero-order chi connectivity index (χ0) is 17.8. The Hall–Kier alpha value is -2.92. The van der Waals surface area contributed by atoms with Gasteiger partial charge in [0.2, 0.25) is 0 Å². The first kappa shape index (κ1) is 16.9. The van der Waals surface area contributed by atoms with Crippen molar-refractivity contribution >= 4 is 22.6 Å². The number of carbonyl (C=O) groups excluding carboxylic acids is 2. The summed E-state index contributed by atoms with van der Waals surface area (Å²) in [4.78, 5) is 28.0. The van der Waals surface area contributed by atoms with Crippen LogP contribution in [-0.2, 0) is 22.7 Å². The summed E-state index contributed by atoms with van der Waals surface area (Å²) < 4.78 is 5.07. The van der Waals surface area contributed by atoms with Crippen LogP contribution in [0.4, 0.5) is 0 Å². The van der Waals surface area contributed by atoms with Gasteiger partial charge in [0.25, 0.3) is 11.7 Å². The van der Waals surface area contributed by atoms with Gasteiger partial charge in [-0.3, -0.25) is 9.59 Å². The average Bonchev–Trinajstić information content (AvgIpc) is 2.96. The number of aryl methyl sites for hydroxylation is 1. The topological polar surface area (TPSA) is 71.2 Å². The first-order valence-corrected chi connectivity index (χ1v) is 8.06. The van der Waals surface area contributed by atoms with Crippen LogP contribution in [0.25, 0.3) is 10.9 Å². The number of methoxy groups -OCH3 is 1.